The third kappa shape index (κ3) is 1.26. The standard InChI is InChI=1S/C8H17N/c1-4-9-7(2)5-6-8(9)3/h7-8H,4-6H2,1-3H3/t7-,8-/m1/s1. The van der Waals surface area contributed by atoms with E-state index in [-0.39, 0.29) is 0 Å². The molecule has 1 saturated heterocycles. The van der Waals surface area contributed by atoms with Crippen molar-refractivity contribution < 1.29 is 0 Å². The minimum atomic E-state index is 0.838. The monoisotopic (exact) mass is 127 g/mol. The molecule has 1 nitrogen and oxygen atoms in total. The average molecular weight is 127 g/mol. The summed E-state index contributed by atoms with van der Waals surface area (Å²) in [6.07, 6.45) is 2.80. The van der Waals surface area contributed by atoms with Gasteiger partial charge < -0.3 is 0 Å². The van der Waals surface area contributed by atoms with Gasteiger partial charge in [-0.05, 0) is 33.2 Å². The maximum Gasteiger partial charge on any atom is 0.00702 e. The van der Waals surface area contributed by atoms with Crippen molar-refractivity contribution in [2.24, 2.45) is 0 Å². The van der Waals surface area contributed by atoms with E-state index < -0.39 is 0 Å². The molecule has 2 atom stereocenters. The molecule has 1 heterocycles. The number of hydrogen-bond acceptors (Lipinski definition) is 1. The number of rotatable bonds is 1. The molecule has 0 spiro atoms. The summed E-state index contributed by atoms with van der Waals surface area (Å²) >= 11 is 0. The topological polar surface area (TPSA) is 3.24 Å². The third-order valence-electron chi connectivity index (χ3n) is 2.50. The second kappa shape index (κ2) is 2.70. The Morgan fingerprint density at radius 3 is 1.89 bits per heavy atom. The van der Waals surface area contributed by atoms with Crippen LogP contribution in [0.15, 0.2) is 0 Å². The van der Waals surface area contributed by atoms with Crippen LogP contribution in [0.25, 0.3) is 0 Å². The fourth-order valence-electron chi connectivity index (χ4n) is 1.87. The third-order valence-corrected chi connectivity index (χ3v) is 2.50. The molecule has 0 aromatic rings. The van der Waals surface area contributed by atoms with Crippen LogP contribution in [0.3, 0.4) is 0 Å². The largest absolute Gasteiger partial charge is 0.298 e. The highest BCUT2D eigenvalue weighted by molar-refractivity contribution is 4.80. The molecule has 1 aliphatic rings. The van der Waals surface area contributed by atoms with Crippen LogP contribution in [-0.4, -0.2) is 23.5 Å². The Labute approximate surface area is 58.0 Å². The van der Waals surface area contributed by atoms with Crippen LogP contribution in [0, 0.1) is 0 Å². The highest BCUT2D eigenvalue weighted by Gasteiger charge is 2.24. The molecule has 1 heteroatoms. The van der Waals surface area contributed by atoms with Gasteiger partial charge in [0.05, 0.1) is 0 Å². The minimum Gasteiger partial charge on any atom is -0.298 e. The smallest absolute Gasteiger partial charge is 0.00702 e. The van der Waals surface area contributed by atoms with Gasteiger partial charge in [0.1, 0.15) is 0 Å². The average Bonchev–Trinajstić information content (AvgIpc) is 2.12. The Balaban J connectivity index is 2.44. The fourth-order valence-corrected chi connectivity index (χ4v) is 1.87. The van der Waals surface area contributed by atoms with E-state index in [1.807, 2.05) is 0 Å². The van der Waals surface area contributed by atoms with Crippen molar-refractivity contribution in [2.45, 2.75) is 45.7 Å². The van der Waals surface area contributed by atoms with Gasteiger partial charge in [0, 0.05) is 12.1 Å². The first-order chi connectivity index (χ1) is 4.25. The first-order valence-electron chi connectivity index (χ1n) is 4.01. The van der Waals surface area contributed by atoms with Crippen LogP contribution in [0.2, 0.25) is 0 Å². The highest BCUT2D eigenvalue weighted by Crippen LogP contribution is 2.22. The molecule has 0 saturated carbocycles. The second-order valence-corrected chi connectivity index (χ2v) is 3.11. The van der Waals surface area contributed by atoms with Crippen molar-refractivity contribution in [3.05, 3.63) is 0 Å². The first-order valence-corrected chi connectivity index (χ1v) is 4.01. The van der Waals surface area contributed by atoms with Crippen LogP contribution in [0.5, 0.6) is 0 Å². The lowest BCUT2D eigenvalue weighted by Crippen LogP contribution is -2.32. The summed E-state index contributed by atoms with van der Waals surface area (Å²) in [5.74, 6) is 0. The van der Waals surface area contributed by atoms with Gasteiger partial charge >= 0.3 is 0 Å². The van der Waals surface area contributed by atoms with Gasteiger partial charge in [0.25, 0.3) is 0 Å². The van der Waals surface area contributed by atoms with Gasteiger partial charge in [-0.25, -0.2) is 0 Å². The van der Waals surface area contributed by atoms with Crippen LogP contribution in [-0.2, 0) is 0 Å². The Kier molecular flexibility index (Phi) is 2.12. The van der Waals surface area contributed by atoms with Gasteiger partial charge in [-0.3, -0.25) is 4.90 Å². The maximum absolute atomic E-state index is 2.57. The Morgan fingerprint density at radius 1 is 1.22 bits per heavy atom. The lowest BCUT2D eigenvalue weighted by Gasteiger charge is -2.23. The van der Waals surface area contributed by atoms with E-state index in [4.69, 9.17) is 0 Å². The predicted octanol–water partition coefficient (Wildman–Crippen LogP) is 1.88. The van der Waals surface area contributed by atoms with Gasteiger partial charge in [0.15, 0.2) is 0 Å². The summed E-state index contributed by atoms with van der Waals surface area (Å²) in [6.45, 7) is 8.13. The van der Waals surface area contributed by atoms with E-state index in [1.54, 1.807) is 0 Å². The Bertz CT molecular complexity index is 80.6. The molecule has 54 valence electrons. The zero-order valence-electron chi connectivity index (χ0n) is 6.72. The summed E-state index contributed by atoms with van der Waals surface area (Å²) in [5, 5.41) is 0. The van der Waals surface area contributed by atoms with Gasteiger partial charge in [-0.15, -0.1) is 0 Å². The van der Waals surface area contributed by atoms with Crippen molar-refractivity contribution in [1.29, 1.82) is 0 Å². The lowest BCUT2D eigenvalue weighted by molar-refractivity contribution is 0.226. The van der Waals surface area contributed by atoms with E-state index in [1.165, 1.54) is 19.4 Å². The lowest BCUT2D eigenvalue weighted by atomic mass is 10.2. The van der Waals surface area contributed by atoms with Crippen molar-refractivity contribution >= 4 is 0 Å². The SMILES string of the molecule is CCN1[C@H](C)CC[C@H]1C. The van der Waals surface area contributed by atoms with Crippen LogP contribution < -0.4 is 0 Å². The summed E-state index contributed by atoms with van der Waals surface area (Å²) in [4.78, 5) is 2.57. The molecule has 0 N–H and O–H groups in total. The zero-order valence-corrected chi connectivity index (χ0v) is 6.72. The Morgan fingerprint density at radius 2 is 1.67 bits per heavy atom. The van der Waals surface area contributed by atoms with Crippen LogP contribution >= 0.6 is 0 Å². The number of hydrogen-bond donors (Lipinski definition) is 0. The molecule has 1 rings (SSSR count). The number of nitrogens with zero attached hydrogens (tertiary/aromatic N) is 1. The van der Waals surface area contributed by atoms with Gasteiger partial charge in [0.2, 0.25) is 0 Å². The van der Waals surface area contributed by atoms with Crippen molar-refractivity contribution in [3.63, 3.8) is 0 Å². The Hall–Kier alpha value is -0.0400. The van der Waals surface area contributed by atoms with Crippen molar-refractivity contribution in [3.8, 4) is 0 Å². The van der Waals surface area contributed by atoms with Crippen LogP contribution in [0.4, 0.5) is 0 Å². The quantitative estimate of drug-likeness (QED) is 0.520. The fraction of sp³-hybridized carbons (Fsp3) is 1.00. The zero-order chi connectivity index (χ0) is 6.85. The summed E-state index contributed by atoms with van der Waals surface area (Å²) in [5.41, 5.74) is 0. The van der Waals surface area contributed by atoms with E-state index in [0.29, 0.717) is 0 Å². The molecule has 0 aromatic carbocycles. The molecule has 0 aromatic heterocycles. The van der Waals surface area contributed by atoms with Gasteiger partial charge in [-0.2, -0.15) is 0 Å². The normalized spacial score (nSPS) is 37.7. The molecule has 0 radical (unpaired) electrons. The van der Waals surface area contributed by atoms with E-state index in [9.17, 15) is 0 Å². The molecular formula is C8H17N. The van der Waals surface area contributed by atoms with Crippen molar-refractivity contribution in [1.82, 2.24) is 4.90 Å². The molecule has 0 aliphatic carbocycles. The van der Waals surface area contributed by atoms with E-state index in [0.717, 1.165) is 12.1 Å². The molecule has 0 bridgehead atoms. The van der Waals surface area contributed by atoms with Crippen molar-refractivity contribution in [2.75, 3.05) is 6.54 Å². The minimum absolute atomic E-state index is 0.838. The molecule has 0 unspecified atom stereocenters. The molecule has 9 heavy (non-hydrogen) atoms. The first kappa shape index (κ1) is 7.07. The van der Waals surface area contributed by atoms with Gasteiger partial charge in [-0.1, -0.05) is 6.92 Å². The highest BCUT2D eigenvalue weighted by atomic mass is 15.2. The van der Waals surface area contributed by atoms with Crippen LogP contribution in [0.1, 0.15) is 33.6 Å². The molecule has 1 fully saturated rings. The summed E-state index contributed by atoms with van der Waals surface area (Å²) in [6, 6.07) is 1.68. The molecule has 1 aliphatic heterocycles. The predicted molar refractivity (Wildman–Crippen MR) is 40.5 cm³/mol. The van der Waals surface area contributed by atoms with E-state index in [2.05, 4.69) is 25.7 Å². The summed E-state index contributed by atoms with van der Waals surface area (Å²) in [7, 11) is 0. The van der Waals surface area contributed by atoms with E-state index >= 15 is 0 Å². The molecular weight excluding hydrogens is 110 g/mol. The second-order valence-electron chi connectivity index (χ2n) is 3.11. The maximum atomic E-state index is 2.57. The number of likely N-dealkylation sites (tertiary alicyclic amines) is 1. The summed E-state index contributed by atoms with van der Waals surface area (Å²) < 4.78 is 0. The molecule has 0 amide bonds.